The van der Waals surface area contributed by atoms with E-state index < -0.39 is 0 Å². The molecule has 4 nitrogen and oxygen atoms in total. The van der Waals surface area contributed by atoms with E-state index in [0.29, 0.717) is 5.92 Å². The number of rotatable bonds is 5. The van der Waals surface area contributed by atoms with Crippen molar-refractivity contribution < 1.29 is 0 Å². The van der Waals surface area contributed by atoms with Crippen LogP contribution in [0.5, 0.6) is 0 Å². The number of hydrogen-bond donors (Lipinski definition) is 2. The van der Waals surface area contributed by atoms with Crippen molar-refractivity contribution in [1.29, 1.82) is 0 Å². The van der Waals surface area contributed by atoms with Gasteiger partial charge in [0, 0.05) is 18.8 Å². The predicted octanol–water partition coefficient (Wildman–Crippen LogP) is 2.48. The zero-order valence-electron chi connectivity index (χ0n) is 12.7. The van der Waals surface area contributed by atoms with Crippen LogP contribution in [0.25, 0.3) is 0 Å². The van der Waals surface area contributed by atoms with E-state index in [4.69, 9.17) is 5.84 Å². The average molecular weight is 272 g/mol. The summed E-state index contributed by atoms with van der Waals surface area (Å²) in [5, 5.41) is 4.40. The van der Waals surface area contributed by atoms with Crippen molar-refractivity contribution in [3.8, 4) is 0 Å². The van der Waals surface area contributed by atoms with E-state index in [1.165, 1.54) is 11.1 Å². The van der Waals surface area contributed by atoms with Gasteiger partial charge in [0.2, 0.25) is 0 Å². The number of nitrogens with zero attached hydrogens (tertiary/aromatic N) is 2. The van der Waals surface area contributed by atoms with Crippen LogP contribution in [0, 0.1) is 12.8 Å². The SMILES string of the molecule is Cc1nn(C)cc1C(NN)c1cccc(CC(C)C)c1. The number of aryl methyl sites for hydroxylation is 2. The molecule has 1 aromatic carbocycles. The highest BCUT2D eigenvalue weighted by Crippen LogP contribution is 2.24. The number of nitrogens with two attached hydrogens (primary N) is 1. The summed E-state index contributed by atoms with van der Waals surface area (Å²) in [4.78, 5) is 0. The Morgan fingerprint density at radius 1 is 1.35 bits per heavy atom. The van der Waals surface area contributed by atoms with Crippen molar-refractivity contribution in [3.63, 3.8) is 0 Å². The van der Waals surface area contributed by atoms with Gasteiger partial charge in [-0.25, -0.2) is 5.43 Å². The maximum absolute atomic E-state index is 5.78. The van der Waals surface area contributed by atoms with E-state index in [2.05, 4.69) is 48.6 Å². The molecule has 1 atom stereocenters. The van der Waals surface area contributed by atoms with Crippen molar-refractivity contribution in [2.24, 2.45) is 18.8 Å². The third kappa shape index (κ3) is 3.26. The van der Waals surface area contributed by atoms with E-state index >= 15 is 0 Å². The Bertz CT molecular complexity index is 572. The smallest absolute Gasteiger partial charge is 0.0743 e. The van der Waals surface area contributed by atoms with Crippen LogP contribution in [0.15, 0.2) is 30.5 Å². The second-order valence-electron chi connectivity index (χ2n) is 5.79. The van der Waals surface area contributed by atoms with Gasteiger partial charge < -0.3 is 0 Å². The van der Waals surface area contributed by atoms with Crippen LogP contribution < -0.4 is 11.3 Å². The minimum Gasteiger partial charge on any atom is -0.275 e. The summed E-state index contributed by atoms with van der Waals surface area (Å²) in [5.41, 5.74) is 7.57. The molecule has 4 heteroatoms. The minimum atomic E-state index is -0.0178. The summed E-state index contributed by atoms with van der Waals surface area (Å²) in [5.74, 6) is 6.43. The summed E-state index contributed by atoms with van der Waals surface area (Å²) in [6.45, 7) is 6.48. The third-order valence-corrected chi connectivity index (χ3v) is 3.46. The summed E-state index contributed by atoms with van der Waals surface area (Å²) in [7, 11) is 1.93. The van der Waals surface area contributed by atoms with Gasteiger partial charge in [-0.2, -0.15) is 5.10 Å². The van der Waals surface area contributed by atoms with E-state index in [9.17, 15) is 0 Å². The highest BCUT2D eigenvalue weighted by Gasteiger charge is 2.17. The molecule has 1 heterocycles. The third-order valence-electron chi connectivity index (χ3n) is 3.46. The molecular weight excluding hydrogens is 248 g/mol. The van der Waals surface area contributed by atoms with Crippen LogP contribution in [0.3, 0.4) is 0 Å². The number of hydrazine groups is 1. The van der Waals surface area contributed by atoms with Crippen LogP contribution in [0.2, 0.25) is 0 Å². The minimum absolute atomic E-state index is 0.0178. The van der Waals surface area contributed by atoms with Gasteiger partial charge in [0.15, 0.2) is 0 Å². The van der Waals surface area contributed by atoms with Crippen LogP contribution in [-0.4, -0.2) is 9.78 Å². The average Bonchev–Trinajstić information content (AvgIpc) is 2.69. The molecule has 0 fully saturated rings. The molecule has 0 aliphatic carbocycles. The van der Waals surface area contributed by atoms with Crippen molar-refractivity contribution in [2.45, 2.75) is 33.2 Å². The van der Waals surface area contributed by atoms with Gasteiger partial charge in [0.25, 0.3) is 0 Å². The lowest BCUT2D eigenvalue weighted by Crippen LogP contribution is -2.29. The summed E-state index contributed by atoms with van der Waals surface area (Å²) < 4.78 is 1.83. The zero-order valence-corrected chi connectivity index (χ0v) is 12.7. The largest absolute Gasteiger partial charge is 0.275 e. The van der Waals surface area contributed by atoms with Crippen molar-refractivity contribution in [2.75, 3.05) is 0 Å². The molecule has 0 amide bonds. The standard InChI is InChI=1S/C16H24N4/c1-11(2)8-13-6-5-7-14(9-13)16(18-17)15-10-20(4)19-12(15)3/h5-7,9-11,16,18H,8,17H2,1-4H3. The van der Waals surface area contributed by atoms with Gasteiger partial charge in [0.05, 0.1) is 11.7 Å². The van der Waals surface area contributed by atoms with Crippen LogP contribution in [0.1, 0.15) is 42.3 Å². The van der Waals surface area contributed by atoms with Gasteiger partial charge >= 0.3 is 0 Å². The summed E-state index contributed by atoms with van der Waals surface area (Å²) >= 11 is 0. The monoisotopic (exact) mass is 272 g/mol. The first-order valence-electron chi connectivity index (χ1n) is 7.06. The maximum Gasteiger partial charge on any atom is 0.0743 e. The van der Waals surface area contributed by atoms with E-state index in [1.807, 2.05) is 24.9 Å². The fourth-order valence-corrected chi connectivity index (χ4v) is 2.64. The predicted molar refractivity (Wildman–Crippen MR) is 82.1 cm³/mol. The molecule has 0 aliphatic rings. The topological polar surface area (TPSA) is 55.9 Å². The Kier molecular flexibility index (Phi) is 4.57. The number of benzene rings is 1. The van der Waals surface area contributed by atoms with Crippen molar-refractivity contribution in [3.05, 3.63) is 52.8 Å². The molecule has 2 aromatic rings. The second kappa shape index (κ2) is 6.20. The molecule has 108 valence electrons. The van der Waals surface area contributed by atoms with Crippen molar-refractivity contribution in [1.82, 2.24) is 15.2 Å². The molecule has 2 rings (SSSR count). The maximum atomic E-state index is 5.78. The molecule has 0 spiro atoms. The van der Waals surface area contributed by atoms with Gasteiger partial charge in [-0.3, -0.25) is 10.5 Å². The lowest BCUT2D eigenvalue weighted by atomic mass is 9.95. The second-order valence-corrected chi connectivity index (χ2v) is 5.79. The molecule has 0 saturated carbocycles. The fourth-order valence-electron chi connectivity index (χ4n) is 2.64. The Hall–Kier alpha value is -1.65. The molecule has 0 radical (unpaired) electrons. The summed E-state index contributed by atoms with van der Waals surface area (Å²) in [6, 6.07) is 8.60. The molecule has 0 bridgehead atoms. The van der Waals surface area contributed by atoms with Crippen LogP contribution >= 0.6 is 0 Å². The van der Waals surface area contributed by atoms with Gasteiger partial charge in [0.1, 0.15) is 0 Å². The molecule has 0 aliphatic heterocycles. The number of nitrogens with one attached hydrogen (secondary N) is 1. The van der Waals surface area contributed by atoms with Crippen molar-refractivity contribution >= 4 is 0 Å². The van der Waals surface area contributed by atoms with E-state index in [0.717, 1.165) is 17.7 Å². The van der Waals surface area contributed by atoms with Crippen LogP contribution in [-0.2, 0) is 13.5 Å². The highest BCUT2D eigenvalue weighted by atomic mass is 15.3. The Morgan fingerprint density at radius 2 is 2.10 bits per heavy atom. The van der Waals surface area contributed by atoms with Crippen LogP contribution in [0.4, 0.5) is 0 Å². The molecule has 1 aromatic heterocycles. The number of hydrogen-bond acceptors (Lipinski definition) is 3. The van der Waals surface area contributed by atoms with Gasteiger partial charge in [-0.15, -0.1) is 0 Å². The lowest BCUT2D eigenvalue weighted by Gasteiger charge is -2.17. The molecule has 0 saturated heterocycles. The molecule has 3 N–H and O–H groups in total. The quantitative estimate of drug-likeness (QED) is 0.649. The first-order valence-corrected chi connectivity index (χ1v) is 7.06. The molecule has 1 unspecified atom stereocenters. The highest BCUT2D eigenvalue weighted by molar-refractivity contribution is 5.35. The molecular formula is C16H24N4. The zero-order chi connectivity index (χ0) is 14.7. The van der Waals surface area contributed by atoms with Gasteiger partial charge in [-0.05, 0) is 30.4 Å². The Labute approximate surface area is 121 Å². The molecule has 20 heavy (non-hydrogen) atoms. The Morgan fingerprint density at radius 3 is 2.65 bits per heavy atom. The van der Waals surface area contributed by atoms with E-state index in [-0.39, 0.29) is 6.04 Å². The summed E-state index contributed by atoms with van der Waals surface area (Å²) in [6.07, 6.45) is 3.10. The Balaban J connectivity index is 2.34. The van der Waals surface area contributed by atoms with E-state index in [1.54, 1.807) is 0 Å². The normalized spacial score (nSPS) is 12.9. The fraction of sp³-hybridized carbons (Fsp3) is 0.438. The van der Waals surface area contributed by atoms with Gasteiger partial charge in [-0.1, -0.05) is 38.1 Å². The first-order chi connectivity index (χ1) is 9.51. The number of aromatic nitrogens is 2. The first kappa shape index (κ1) is 14.8. The lowest BCUT2D eigenvalue weighted by molar-refractivity contribution is 0.625.